The van der Waals surface area contributed by atoms with Gasteiger partial charge >= 0.3 is 11.8 Å². The SMILES string of the molecule is CC(C)(C)NC(=O)C(=O)Nc1ccc(-c2cnco2)c(Cl)c1. The second-order valence-corrected chi connectivity index (χ2v) is 6.13. The van der Waals surface area contributed by atoms with Gasteiger partial charge in [0.15, 0.2) is 12.2 Å². The molecule has 0 radical (unpaired) electrons. The van der Waals surface area contributed by atoms with E-state index < -0.39 is 17.4 Å². The Morgan fingerprint density at radius 1 is 1.23 bits per heavy atom. The molecule has 116 valence electrons. The maximum atomic E-state index is 11.8. The number of anilines is 1. The van der Waals surface area contributed by atoms with Crippen molar-refractivity contribution in [2.24, 2.45) is 0 Å². The van der Waals surface area contributed by atoms with E-state index in [2.05, 4.69) is 15.6 Å². The molecular weight excluding hydrogens is 306 g/mol. The predicted molar refractivity (Wildman–Crippen MR) is 83.5 cm³/mol. The van der Waals surface area contributed by atoms with Crippen LogP contribution in [0.25, 0.3) is 11.3 Å². The molecule has 2 amide bonds. The minimum Gasteiger partial charge on any atom is -0.443 e. The van der Waals surface area contributed by atoms with Gasteiger partial charge in [-0.05, 0) is 39.0 Å². The van der Waals surface area contributed by atoms with Gasteiger partial charge in [-0.2, -0.15) is 0 Å². The second kappa shape index (κ2) is 6.19. The smallest absolute Gasteiger partial charge is 0.313 e. The molecule has 0 unspecified atom stereocenters. The number of carbonyl (C=O) groups is 2. The molecule has 1 aromatic carbocycles. The molecule has 22 heavy (non-hydrogen) atoms. The lowest BCUT2D eigenvalue weighted by Crippen LogP contribution is -2.46. The number of aromatic nitrogens is 1. The molecule has 0 saturated carbocycles. The molecule has 2 rings (SSSR count). The van der Waals surface area contributed by atoms with Gasteiger partial charge in [0, 0.05) is 16.8 Å². The fraction of sp³-hybridized carbons (Fsp3) is 0.267. The summed E-state index contributed by atoms with van der Waals surface area (Å²) in [5.41, 5.74) is 0.584. The van der Waals surface area contributed by atoms with Crippen LogP contribution in [0.2, 0.25) is 5.02 Å². The number of carbonyl (C=O) groups excluding carboxylic acids is 2. The van der Waals surface area contributed by atoms with Gasteiger partial charge in [-0.25, -0.2) is 4.98 Å². The molecule has 2 N–H and O–H groups in total. The summed E-state index contributed by atoms with van der Waals surface area (Å²) in [4.78, 5) is 27.4. The molecule has 2 aromatic rings. The van der Waals surface area contributed by atoms with Crippen LogP contribution in [-0.4, -0.2) is 22.3 Å². The fourth-order valence-corrected chi connectivity index (χ4v) is 2.00. The monoisotopic (exact) mass is 321 g/mol. The third-order valence-corrected chi connectivity index (χ3v) is 2.93. The van der Waals surface area contributed by atoms with E-state index in [0.29, 0.717) is 22.0 Å². The van der Waals surface area contributed by atoms with Gasteiger partial charge in [-0.1, -0.05) is 11.6 Å². The molecule has 0 fully saturated rings. The molecule has 1 aromatic heterocycles. The molecule has 7 heteroatoms. The van der Waals surface area contributed by atoms with Crippen molar-refractivity contribution in [2.45, 2.75) is 26.3 Å². The van der Waals surface area contributed by atoms with Crippen LogP contribution in [0.3, 0.4) is 0 Å². The number of rotatable bonds is 2. The largest absolute Gasteiger partial charge is 0.443 e. The van der Waals surface area contributed by atoms with Gasteiger partial charge in [0.2, 0.25) is 0 Å². The predicted octanol–water partition coefficient (Wildman–Crippen LogP) is 2.85. The van der Waals surface area contributed by atoms with E-state index in [1.54, 1.807) is 39.0 Å². The van der Waals surface area contributed by atoms with Crippen LogP contribution >= 0.6 is 11.6 Å². The summed E-state index contributed by atoms with van der Waals surface area (Å²) in [5.74, 6) is -0.935. The van der Waals surface area contributed by atoms with Crippen molar-refractivity contribution in [1.82, 2.24) is 10.3 Å². The molecule has 0 aliphatic carbocycles. The number of halogens is 1. The van der Waals surface area contributed by atoms with Crippen molar-refractivity contribution >= 4 is 29.1 Å². The summed E-state index contributed by atoms with van der Waals surface area (Å²) in [6.07, 6.45) is 2.84. The van der Waals surface area contributed by atoms with E-state index in [1.165, 1.54) is 12.6 Å². The first-order valence-electron chi connectivity index (χ1n) is 6.58. The third kappa shape index (κ3) is 4.08. The van der Waals surface area contributed by atoms with Gasteiger partial charge in [0.1, 0.15) is 0 Å². The highest BCUT2D eigenvalue weighted by Gasteiger charge is 2.20. The summed E-state index contributed by atoms with van der Waals surface area (Å²) >= 11 is 6.15. The number of hydrogen-bond donors (Lipinski definition) is 2. The number of hydrogen-bond acceptors (Lipinski definition) is 4. The summed E-state index contributed by atoms with van der Waals surface area (Å²) < 4.78 is 5.17. The van der Waals surface area contributed by atoms with E-state index in [0.717, 1.165) is 0 Å². The number of nitrogens with zero attached hydrogens (tertiary/aromatic N) is 1. The van der Waals surface area contributed by atoms with Crippen molar-refractivity contribution in [2.75, 3.05) is 5.32 Å². The van der Waals surface area contributed by atoms with Crippen molar-refractivity contribution < 1.29 is 14.0 Å². The molecule has 0 aliphatic heterocycles. The first-order valence-corrected chi connectivity index (χ1v) is 6.96. The van der Waals surface area contributed by atoms with E-state index in [1.807, 2.05) is 0 Å². The third-order valence-electron chi connectivity index (χ3n) is 2.62. The standard InChI is InChI=1S/C15H16ClN3O3/c1-15(2,3)19-14(21)13(20)18-9-4-5-10(11(16)6-9)12-7-17-8-22-12/h4-8H,1-3H3,(H,18,20)(H,19,21). The first-order chi connectivity index (χ1) is 10.3. The minimum absolute atomic E-state index is 0.380. The first kappa shape index (κ1) is 16.0. The quantitative estimate of drug-likeness (QED) is 0.833. The Morgan fingerprint density at radius 2 is 1.95 bits per heavy atom. The van der Waals surface area contributed by atoms with E-state index in [9.17, 15) is 9.59 Å². The average molecular weight is 322 g/mol. The number of nitrogens with one attached hydrogen (secondary N) is 2. The van der Waals surface area contributed by atoms with Crippen molar-refractivity contribution in [1.29, 1.82) is 0 Å². The molecule has 1 heterocycles. The Hall–Kier alpha value is -2.34. The van der Waals surface area contributed by atoms with Crippen LogP contribution < -0.4 is 10.6 Å². The summed E-state index contributed by atoms with van der Waals surface area (Å²) in [7, 11) is 0. The Kier molecular flexibility index (Phi) is 4.51. The van der Waals surface area contributed by atoms with Crippen LogP contribution in [0.5, 0.6) is 0 Å². The minimum atomic E-state index is -0.751. The van der Waals surface area contributed by atoms with Crippen LogP contribution in [0.4, 0.5) is 5.69 Å². The fourth-order valence-electron chi connectivity index (χ4n) is 1.73. The highest BCUT2D eigenvalue weighted by atomic mass is 35.5. The lowest BCUT2D eigenvalue weighted by Gasteiger charge is -2.19. The highest BCUT2D eigenvalue weighted by Crippen LogP contribution is 2.30. The molecule has 0 atom stereocenters. The van der Waals surface area contributed by atoms with Gasteiger partial charge in [0.05, 0.1) is 11.2 Å². The summed E-state index contributed by atoms with van der Waals surface area (Å²) in [6, 6.07) is 4.85. The molecule has 0 bridgehead atoms. The molecule has 0 aliphatic rings. The maximum absolute atomic E-state index is 11.8. The molecule has 6 nitrogen and oxygen atoms in total. The maximum Gasteiger partial charge on any atom is 0.313 e. The number of benzene rings is 1. The van der Waals surface area contributed by atoms with E-state index >= 15 is 0 Å². The zero-order valence-electron chi connectivity index (χ0n) is 12.4. The highest BCUT2D eigenvalue weighted by molar-refractivity contribution is 6.40. The van der Waals surface area contributed by atoms with Crippen molar-refractivity contribution in [3.63, 3.8) is 0 Å². The van der Waals surface area contributed by atoms with Crippen LogP contribution in [0.15, 0.2) is 35.2 Å². The molecule has 0 spiro atoms. The van der Waals surface area contributed by atoms with Crippen LogP contribution in [-0.2, 0) is 9.59 Å². The van der Waals surface area contributed by atoms with Crippen molar-refractivity contribution in [3.8, 4) is 11.3 Å². The van der Waals surface area contributed by atoms with Crippen LogP contribution in [0.1, 0.15) is 20.8 Å². The second-order valence-electron chi connectivity index (χ2n) is 5.72. The van der Waals surface area contributed by atoms with Gasteiger partial charge in [-0.3, -0.25) is 9.59 Å². The van der Waals surface area contributed by atoms with Gasteiger partial charge in [-0.15, -0.1) is 0 Å². The van der Waals surface area contributed by atoms with Crippen molar-refractivity contribution in [3.05, 3.63) is 35.8 Å². The van der Waals surface area contributed by atoms with E-state index in [4.69, 9.17) is 16.0 Å². The molecule has 0 saturated heterocycles. The summed E-state index contributed by atoms with van der Waals surface area (Å²) in [6.45, 7) is 5.38. The summed E-state index contributed by atoms with van der Waals surface area (Å²) in [5, 5.41) is 5.46. The lowest BCUT2D eigenvalue weighted by molar-refractivity contribution is -0.137. The Balaban J connectivity index is 2.10. The van der Waals surface area contributed by atoms with E-state index in [-0.39, 0.29) is 0 Å². The number of oxazole rings is 1. The Morgan fingerprint density at radius 3 is 2.50 bits per heavy atom. The Labute approximate surface area is 132 Å². The van der Waals surface area contributed by atoms with Crippen LogP contribution in [0, 0.1) is 0 Å². The van der Waals surface area contributed by atoms with Gasteiger partial charge < -0.3 is 15.1 Å². The number of amides is 2. The molecular formula is C15H16ClN3O3. The van der Waals surface area contributed by atoms with Gasteiger partial charge in [0.25, 0.3) is 0 Å². The zero-order chi connectivity index (χ0) is 16.3. The lowest BCUT2D eigenvalue weighted by atomic mass is 10.1. The Bertz CT molecular complexity index is 691. The topological polar surface area (TPSA) is 84.2 Å². The average Bonchev–Trinajstić information content (AvgIpc) is 2.90. The zero-order valence-corrected chi connectivity index (χ0v) is 13.2. The normalized spacial score (nSPS) is 11.1.